The van der Waals surface area contributed by atoms with Gasteiger partial charge in [0.15, 0.2) is 0 Å². The summed E-state index contributed by atoms with van der Waals surface area (Å²) < 4.78 is 30.0. The molecule has 0 saturated heterocycles. The first-order valence-corrected chi connectivity index (χ1v) is 5.01. The molecule has 1 aromatic heterocycles. The van der Waals surface area contributed by atoms with Gasteiger partial charge in [0.25, 0.3) is 6.43 Å². The smallest absolute Gasteiger partial charge is 0.311 e. The average molecular weight is 250 g/mol. The molecule has 0 bridgehead atoms. The van der Waals surface area contributed by atoms with E-state index >= 15 is 0 Å². The third kappa shape index (κ3) is 2.88. The van der Waals surface area contributed by atoms with Gasteiger partial charge in [0, 0.05) is 17.6 Å². The predicted molar refractivity (Wildman–Crippen MR) is 54.5 cm³/mol. The zero-order valence-electron chi connectivity index (χ0n) is 8.54. The van der Waals surface area contributed by atoms with Gasteiger partial charge in [-0.25, -0.2) is 8.78 Å². The van der Waals surface area contributed by atoms with Crippen LogP contribution in [0.5, 0.6) is 0 Å². The molecule has 3 nitrogen and oxygen atoms in total. The lowest BCUT2D eigenvalue weighted by Gasteiger charge is -2.10. The Hall–Kier alpha value is -1.23. The van der Waals surface area contributed by atoms with Crippen LogP contribution in [0.15, 0.2) is 12.3 Å². The number of nitrogens with zero attached hydrogens (tertiary/aromatic N) is 1. The van der Waals surface area contributed by atoms with Crippen molar-refractivity contribution < 1.29 is 18.3 Å². The first kappa shape index (κ1) is 12.8. The zero-order valence-corrected chi connectivity index (χ0v) is 9.30. The third-order valence-electron chi connectivity index (χ3n) is 2.06. The van der Waals surface area contributed by atoms with Gasteiger partial charge in [-0.05, 0) is 11.6 Å². The molecule has 0 amide bonds. The molecular weight excluding hydrogens is 240 g/mol. The molecule has 0 saturated carbocycles. The number of alkyl halides is 3. The molecule has 0 fully saturated rings. The SMILES string of the molecule is COC(=O)Cc1nccc(CCl)c1C(F)F. The number of hydrogen-bond acceptors (Lipinski definition) is 3. The minimum Gasteiger partial charge on any atom is -0.469 e. The molecular formula is C10H10ClF2NO2. The van der Waals surface area contributed by atoms with Crippen LogP contribution in [0.25, 0.3) is 0 Å². The number of carbonyl (C=O) groups is 1. The van der Waals surface area contributed by atoms with Crippen LogP contribution < -0.4 is 0 Å². The lowest BCUT2D eigenvalue weighted by atomic mass is 10.1. The average Bonchev–Trinajstić information content (AvgIpc) is 2.28. The summed E-state index contributed by atoms with van der Waals surface area (Å²) in [6, 6.07) is 1.41. The van der Waals surface area contributed by atoms with Crippen LogP contribution in [0.4, 0.5) is 8.78 Å². The van der Waals surface area contributed by atoms with Crippen molar-refractivity contribution in [1.82, 2.24) is 4.98 Å². The maximum atomic E-state index is 12.8. The number of hydrogen-bond donors (Lipinski definition) is 0. The second-order valence-electron chi connectivity index (χ2n) is 3.02. The van der Waals surface area contributed by atoms with Gasteiger partial charge in [-0.3, -0.25) is 9.78 Å². The normalized spacial score (nSPS) is 10.6. The second-order valence-corrected chi connectivity index (χ2v) is 3.28. The molecule has 6 heteroatoms. The molecule has 1 aromatic rings. The van der Waals surface area contributed by atoms with Crippen LogP contribution in [0, 0.1) is 0 Å². The fourth-order valence-electron chi connectivity index (χ4n) is 1.29. The van der Waals surface area contributed by atoms with E-state index in [0.717, 1.165) is 0 Å². The number of ether oxygens (including phenoxy) is 1. The number of halogens is 3. The largest absolute Gasteiger partial charge is 0.469 e. The van der Waals surface area contributed by atoms with E-state index in [2.05, 4.69) is 9.72 Å². The van der Waals surface area contributed by atoms with Crippen molar-refractivity contribution >= 4 is 17.6 Å². The van der Waals surface area contributed by atoms with E-state index in [4.69, 9.17) is 11.6 Å². The summed E-state index contributed by atoms with van der Waals surface area (Å²) in [5.41, 5.74) is 0.0217. The molecule has 0 aromatic carbocycles. The molecule has 16 heavy (non-hydrogen) atoms. The Balaban J connectivity index is 3.11. The first-order valence-electron chi connectivity index (χ1n) is 4.47. The van der Waals surface area contributed by atoms with E-state index < -0.39 is 12.4 Å². The number of aromatic nitrogens is 1. The first-order chi connectivity index (χ1) is 7.60. The van der Waals surface area contributed by atoms with Crippen LogP contribution in [0.3, 0.4) is 0 Å². The summed E-state index contributed by atoms with van der Waals surface area (Å²) in [5.74, 6) is -0.655. The highest BCUT2D eigenvalue weighted by atomic mass is 35.5. The number of pyridine rings is 1. The molecule has 0 N–H and O–H groups in total. The molecule has 0 aliphatic carbocycles. The van der Waals surface area contributed by atoms with Gasteiger partial charge in [0.1, 0.15) is 0 Å². The van der Waals surface area contributed by atoms with Crippen LogP contribution in [-0.2, 0) is 21.8 Å². The fourth-order valence-corrected chi connectivity index (χ4v) is 1.53. The molecule has 0 radical (unpaired) electrons. The molecule has 88 valence electrons. The van der Waals surface area contributed by atoms with Crippen LogP contribution in [0.1, 0.15) is 23.2 Å². The quantitative estimate of drug-likeness (QED) is 0.608. The molecule has 1 heterocycles. The minimum atomic E-state index is -2.71. The van der Waals surface area contributed by atoms with Crippen LogP contribution >= 0.6 is 11.6 Å². The van der Waals surface area contributed by atoms with Gasteiger partial charge in [0.05, 0.1) is 19.2 Å². The lowest BCUT2D eigenvalue weighted by Crippen LogP contribution is -2.10. The monoisotopic (exact) mass is 249 g/mol. The van der Waals surface area contributed by atoms with E-state index in [-0.39, 0.29) is 29.1 Å². The van der Waals surface area contributed by atoms with Crippen LogP contribution in [0.2, 0.25) is 0 Å². The van der Waals surface area contributed by atoms with Crippen molar-refractivity contribution in [2.24, 2.45) is 0 Å². The maximum Gasteiger partial charge on any atom is 0.311 e. The van der Waals surface area contributed by atoms with Crippen molar-refractivity contribution in [2.75, 3.05) is 7.11 Å². The van der Waals surface area contributed by atoms with Crippen molar-refractivity contribution in [2.45, 2.75) is 18.7 Å². The third-order valence-corrected chi connectivity index (χ3v) is 2.35. The Labute approximate surface area is 96.4 Å². The molecule has 0 spiro atoms. The minimum absolute atomic E-state index is 0.0139. The van der Waals surface area contributed by atoms with E-state index in [1.807, 2.05) is 0 Å². The van der Waals surface area contributed by atoms with Gasteiger partial charge < -0.3 is 4.74 Å². The Bertz CT molecular complexity index is 385. The van der Waals surface area contributed by atoms with Gasteiger partial charge in [0.2, 0.25) is 0 Å². The topological polar surface area (TPSA) is 39.2 Å². The summed E-state index contributed by atoms with van der Waals surface area (Å²) in [5, 5.41) is 0. The number of carbonyl (C=O) groups excluding carboxylic acids is 1. The second kappa shape index (κ2) is 5.75. The summed E-state index contributed by atoms with van der Waals surface area (Å²) in [6.45, 7) is 0. The van der Waals surface area contributed by atoms with E-state index in [9.17, 15) is 13.6 Å². The fraction of sp³-hybridized carbons (Fsp3) is 0.400. The Morgan fingerprint density at radius 3 is 2.81 bits per heavy atom. The highest BCUT2D eigenvalue weighted by Crippen LogP contribution is 2.27. The summed E-state index contributed by atoms with van der Waals surface area (Å²) >= 11 is 5.54. The van der Waals surface area contributed by atoms with Gasteiger partial charge in [-0.2, -0.15) is 0 Å². The van der Waals surface area contributed by atoms with Crippen molar-refractivity contribution in [3.05, 3.63) is 29.1 Å². The van der Waals surface area contributed by atoms with Gasteiger partial charge in [-0.15, -0.1) is 11.6 Å². The number of esters is 1. The van der Waals surface area contributed by atoms with Crippen molar-refractivity contribution in [3.8, 4) is 0 Å². The van der Waals surface area contributed by atoms with Crippen LogP contribution in [-0.4, -0.2) is 18.1 Å². The van der Waals surface area contributed by atoms with Crippen molar-refractivity contribution in [3.63, 3.8) is 0 Å². The van der Waals surface area contributed by atoms with E-state index in [1.165, 1.54) is 19.4 Å². The molecule has 0 aliphatic heterocycles. The molecule has 0 aliphatic rings. The standard InChI is InChI=1S/C10H10ClF2NO2/c1-16-8(15)4-7-9(10(12)13)6(5-11)2-3-14-7/h2-3,10H,4-5H2,1H3. The summed E-state index contributed by atoms with van der Waals surface area (Å²) in [7, 11) is 1.19. The molecule has 0 atom stereocenters. The highest BCUT2D eigenvalue weighted by Gasteiger charge is 2.20. The van der Waals surface area contributed by atoms with Gasteiger partial charge in [-0.1, -0.05) is 0 Å². The molecule has 0 unspecified atom stereocenters. The summed E-state index contributed by atoms with van der Waals surface area (Å²) in [6.07, 6.45) is -1.63. The zero-order chi connectivity index (χ0) is 12.1. The Morgan fingerprint density at radius 2 is 2.31 bits per heavy atom. The van der Waals surface area contributed by atoms with E-state index in [1.54, 1.807) is 0 Å². The van der Waals surface area contributed by atoms with Crippen molar-refractivity contribution in [1.29, 1.82) is 0 Å². The lowest BCUT2D eigenvalue weighted by molar-refractivity contribution is -0.139. The summed E-state index contributed by atoms with van der Waals surface area (Å²) in [4.78, 5) is 14.8. The van der Waals surface area contributed by atoms with Gasteiger partial charge >= 0.3 is 5.97 Å². The predicted octanol–water partition coefficient (Wildman–Crippen LogP) is 2.47. The Morgan fingerprint density at radius 1 is 1.62 bits per heavy atom. The highest BCUT2D eigenvalue weighted by molar-refractivity contribution is 6.17. The number of rotatable bonds is 4. The van der Waals surface area contributed by atoms with E-state index in [0.29, 0.717) is 0 Å². The number of methoxy groups -OCH3 is 1. The molecule has 1 rings (SSSR count). The maximum absolute atomic E-state index is 12.8. The Kier molecular flexibility index (Phi) is 4.61.